The van der Waals surface area contributed by atoms with Gasteiger partial charge in [0.15, 0.2) is 0 Å². The third kappa shape index (κ3) is 1.41. The molecule has 2 aliphatic carbocycles. The Kier molecular flexibility index (Phi) is 1.78. The molecular formula is C9H12O4. The van der Waals surface area contributed by atoms with Gasteiger partial charge in [0.05, 0.1) is 5.92 Å². The van der Waals surface area contributed by atoms with Crippen LogP contribution in [-0.4, -0.2) is 22.6 Å². The summed E-state index contributed by atoms with van der Waals surface area (Å²) in [5.74, 6) is -1.33. The first-order valence-corrected chi connectivity index (χ1v) is 4.60. The van der Waals surface area contributed by atoms with E-state index in [1.165, 1.54) is 0 Å². The highest BCUT2D eigenvalue weighted by molar-refractivity contribution is 5.84. The summed E-state index contributed by atoms with van der Waals surface area (Å²) in [5.41, 5.74) is -1.17. The summed E-state index contributed by atoms with van der Waals surface area (Å²) in [6.07, 6.45) is 3.49. The molecule has 0 aromatic rings. The molecule has 0 atom stereocenters. The average molecular weight is 184 g/mol. The lowest BCUT2D eigenvalue weighted by Crippen LogP contribution is -2.49. The van der Waals surface area contributed by atoms with E-state index in [-0.39, 0.29) is 11.9 Å². The molecule has 0 amide bonds. The molecule has 2 rings (SSSR count). The van der Waals surface area contributed by atoms with Crippen LogP contribution in [-0.2, 0) is 14.3 Å². The van der Waals surface area contributed by atoms with Crippen molar-refractivity contribution < 1.29 is 19.4 Å². The van der Waals surface area contributed by atoms with Crippen LogP contribution >= 0.6 is 0 Å². The Labute approximate surface area is 75.9 Å². The fourth-order valence-corrected chi connectivity index (χ4v) is 1.45. The highest BCUT2D eigenvalue weighted by Gasteiger charge is 2.50. The molecule has 2 saturated carbocycles. The number of carboxylic acid groups (broad SMARTS) is 1. The van der Waals surface area contributed by atoms with Gasteiger partial charge < -0.3 is 9.84 Å². The molecule has 0 heterocycles. The Morgan fingerprint density at radius 2 is 1.92 bits per heavy atom. The van der Waals surface area contributed by atoms with E-state index in [1.807, 2.05) is 0 Å². The fraction of sp³-hybridized carbons (Fsp3) is 0.778. The molecular weight excluding hydrogens is 172 g/mol. The Balaban J connectivity index is 1.97. The van der Waals surface area contributed by atoms with Crippen molar-refractivity contribution in [3.8, 4) is 0 Å². The van der Waals surface area contributed by atoms with Gasteiger partial charge in [-0.15, -0.1) is 0 Å². The number of rotatable bonds is 3. The van der Waals surface area contributed by atoms with E-state index < -0.39 is 11.6 Å². The molecule has 1 N–H and O–H groups in total. The molecule has 2 aliphatic rings. The van der Waals surface area contributed by atoms with Gasteiger partial charge in [0.1, 0.15) is 0 Å². The Morgan fingerprint density at radius 3 is 2.23 bits per heavy atom. The van der Waals surface area contributed by atoms with Crippen molar-refractivity contribution in [2.24, 2.45) is 5.92 Å². The van der Waals surface area contributed by atoms with Gasteiger partial charge in [-0.3, -0.25) is 4.79 Å². The summed E-state index contributed by atoms with van der Waals surface area (Å²) >= 11 is 0. The van der Waals surface area contributed by atoms with Gasteiger partial charge in [-0.25, -0.2) is 4.79 Å². The lowest BCUT2D eigenvalue weighted by atomic mass is 9.80. The van der Waals surface area contributed by atoms with Crippen molar-refractivity contribution >= 4 is 11.9 Å². The van der Waals surface area contributed by atoms with Gasteiger partial charge in [-0.05, 0) is 32.1 Å². The highest BCUT2D eigenvalue weighted by atomic mass is 16.6. The number of hydrogen-bond acceptors (Lipinski definition) is 3. The predicted molar refractivity (Wildman–Crippen MR) is 43.0 cm³/mol. The average Bonchev–Trinajstić information content (AvgIpc) is 2.76. The minimum absolute atomic E-state index is 0.0168. The molecule has 0 unspecified atom stereocenters. The fourth-order valence-electron chi connectivity index (χ4n) is 1.45. The largest absolute Gasteiger partial charge is 0.478 e. The zero-order valence-corrected chi connectivity index (χ0v) is 7.28. The molecule has 4 nitrogen and oxygen atoms in total. The summed E-state index contributed by atoms with van der Waals surface area (Å²) in [6.45, 7) is 0. The third-order valence-electron chi connectivity index (χ3n) is 2.76. The summed E-state index contributed by atoms with van der Waals surface area (Å²) in [7, 11) is 0. The molecule has 0 aromatic carbocycles. The maximum atomic E-state index is 11.2. The van der Waals surface area contributed by atoms with Crippen LogP contribution in [0, 0.1) is 5.92 Å². The number of aliphatic carboxylic acids is 1. The molecule has 0 spiro atoms. The first-order chi connectivity index (χ1) is 6.14. The molecule has 0 aromatic heterocycles. The number of esters is 1. The molecule has 2 fully saturated rings. The van der Waals surface area contributed by atoms with E-state index in [4.69, 9.17) is 9.84 Å². The minimum Gasteiger partial charge on any atom is -0.478 e. The van der Waals surface area contributed by atoms with Gasteiger partial charge in [0, 0.05) is 0 Å². The second kappa shape index (κ2) is 2.72. The van der Waals surface area contributed by atoms with Crippen molar-refractivity contribution in [1.82, 2.24) is 0 Å². The molecule has 13 heavy (non-hydrogen) atoms. The minimum atomic E-state index is -1.17. The van der Waals surface area contributed by atoms with Crippen molar-refractivity contribution in [1.29, 1.82) is 0 Å². The maximum absolute atomic E-state index is 11.2. The summed E-state index contributed by atoms with van der Waals surface area (Å²) in [5, 5.41) is 8.86. The summed E-state index contributed by atoms with van der Waals surface area (Å²) in [4.78, 5) is 22.0. The van der Waals surface area contributed by atoms with Crippen molar-refractivity contribution in [3.05, 3.63) is 0 Å². The van der Waals surface area contributed by atoms with Gasteiger partial charge in [0.2, 0.25) is 5.60 Å². The van der Waals surface area contributed by atoms with Crippen LogP contribution < -0.4 is 0 Å². The van der Waals surface area contributed by atoms with E-state index in [2.05, 4.69) is 0 Å². The first-order valence-electron chi connectivity index (χ1n) is 4.60. The van der Waals surface area contributed by atoms with E-state index in [0.717, 1.165) is 19.3 Å². The topological polar surface area (TPSA) is 63.6 Å². The number of carbonyl (C=O) groups is 2. The van der Waals surface area contributed by atoms with Crippen molar-refractivity contribution in [2.75, 3.05) is 0 Å². The maximum Gasteiger partial charge on any atom is 0.348 e. The van der Waals surface area contributed by atoms with Gasteiger partial charge in [0.25, 0.3) is 0 Å². The number of ether oxygens (including phenoxy) is 1. The smallest absolute Gasteiger partial charge is 0.348 e. The van der Waals surface area contributed by atoms with Crippen molar-refractivity contribution in [2.45, 2.75) is 37.7 Å². The van der Waals surface area contributed by atoms with Crippen LogP contribution in [0.25, 0.3) is 0 Å². The van der Waals surface area contributed by atoms with Crippen LogP contribution in [0.1, 0.15) is 32.1 Å². The molecule has 0 aliphatic heterocycles. The SMILES string of the molecule is O=C(OC1(C(=O)O)CCC1)C1CC1. The predicted octanol–water partition coefficient (Wildman–Crippen LogP) is 0.947. The zero-order chi connectivity index (χ0) is 9.47. The van der Waals surface area contributed by atoms with E-state index >= 15 is 0 Å². The van der Waals surface area contributed by atoms with E-state index in [9.17, 15) is 9.59 Å². The molecule has 4 heteroatoms. The van der Waals surface area contributed by atoms with E-state index in [1.54, 1.807) is 0 Å². The molecule has 0 bridgehead atoms. The van der Waals surface area contributed by atoms with E-state index in [0.29, 0.717) is 12.8 Å². The second-order valence-corrected chi connectivity index (χ2v) is 3.85. The normalized spacial score (nSPS) is 24.6. The highest BCUT2D eigenvalue weighted by Crippen LogP contribution is 2.39. The monoisotopic (exact) mass is 184 g/mol. The van der Waals surface area contributed by atoms with Gasteiger partial charge >= 0.3 is 11.9 Å². The summed E-state index contributed by atoms with van der Waals surface area (Å²) < 4.78 is 5.02. The van der Waals surface area contributed by atoms with Crippen LogP contribution in [0.5, 0.6) is 0 Å². The Morgan fingerprint density at radius 1 is 1.31 bits per heavy atom. The van der Waals surface area contributed by atoms with Crippen LogP contribution in [0.3, 0.4) is 0 Å². The van der Waals surface area contributed by atoms with Crippen LogP contribution in [0.15, 0.2) is 0 Å². The Bertz CT molecular complexity index is 250. The van der Waals surface area contributed by atoms with Gasteiger partial charge in [-0.1, -0.05) is 0 Å². The van der Waals surface area contributed by atoms with Crippen LogP contribution in [0.2, 0.25) is 0 Å². The second-order valence-electron chi connectivity index (χ2n) is 3.85. The summed E-state index contributed by atoms with van der Waals surface area (Å²) in [6, 6.07) is 0. The standard InChI is InChI=1S/C9H12O4/c10-7(6-2-3-6)13-9(8(11)12)4-1-5-9/h6H,1-5H2,(H,11,12). The lowest BCUT2D eigenvalue weighted by molar-refractivity contribution is -0.190. The third-order valence-corrected chi connectivity index (χ3v) is 2.76. The molecule has 0 radical (unpaired) electrons. The number of carbonyl (C=O) groups excluding carboxylic acids is 1. The first kappa shape index (κ1) is 8.53. The molecule has 0 saturated heterocycles. The lowest BCUT2D eigenvalue weighted by Gasteiger charge is -2.36. The molecule has 72 valence electrons. The number of carboxylic acids is 1. The number of hydrogen-bond donors (Lipinski definition) is 1. The van der Waals surface area contributed by atoms with Crippen LogP contribution in [0.4, 0.5) is 0 Å². The van der Waals surface area contributed by atoms with Gasteiger partial charge in [-0.2, -0.15) is 0 Å². The van der Waals surface area contributed by atoms with Crippen molar-refractivity contribution in [3.63, 3.8) is 0 Å². The quantitative estimate of drug-likeness (QED) is 0.663. The Hall–Kier alpha value is -1.06. The zero-order valence-electron chi connectivity index (χ0n) is 7.28.